The largest absolute Gasteiger partial charge is 0.497 e. The van der Waals surface area contributed by atoms with Crippen molar-refractivity contribution in [3.63, 3.8) is 0 Å². The molecule has 1 N–H and O–H groups in total. The number of carbonyl (C=O) groups is 4. The van der Waals surface area contributed by atoms with Gasteiger partial charge in [-0.15, -0.1) is 0 Å². The maximum atomic E-state index is 12.5. The van der Waals surface area contributed by atoms with Gasteiger partial charge in [0.05, 0.1) is 12.7 Å². The van der Waals surface area contributed by atoms with Gasteiger partial charge in [0.1, 0.15) is 11.5 Å². The molecule has 0 radical (unpaired) electrons. The molecular weight excluding hydrogens is 490 g/mol. The molecule has 4 rings (SSSR count). The highest BCUT2D eigenvalue weighted by atomic mass is 16.5. The molecule has 2 aromatic carbocycles. The Morgan fingerprint density at radius 1 is 0.947 bits per heavy atom. The summed E-state index contributed by atoms with van der Waals surface area (Å²) in [6.45, 7) is 6.67. The number of amides is 1. The van der Waals surface area contributed by atoms with Crippen LogP contribution in [0.1, 0.15) is 29.8 Å². The molecule has 1 aliphatic rings. The third-order valence-corrected chi connectivity index (χ3v) is 6.58. The molecule has 0 spiro atoms. The van der Waals surface area contributed by atoms with Crippen LogP contribution in [0.25, 0.3) is 10.9 Å². The van der Waals surface area contributed by atoms with E-state index in [1.165, 1.54) is 24.3 Å². The lowest BCUT2D eigenvalue weighted by Gasteiger charge is -2.36. The van der Waals surface area contributed by atoms with Crippen molar-refractivity contribution in [2.45, 2.75) is 26.3 Å². The summed E-state index contributed by atoms with van der Waals surface area (Å²) in [5.74, 6) is -1.88. The Bertz CT molecular complexity index is 1320. The van der Waals surface area contributed by atoms with Crippen LogP contribution in [0.15, 0.2) is 48.7 Å². The topological polar surface area (TPSA) is 118 Å². The van der Waals surface area contributed by atoms with Crippen molar-refractivity contribution >= 4 is 34.5 Å². The van der Waals surface area contributed by atoms with E-state index >= 15 is 0 Å². The number of aromatic nitrogens is 1. The fourth-order valence-corrected chi connectivity index (χ4v) is 4.29. The van der Waals surface area contributed by atoms with Crippen LogP contribution in [0.5, 0.6) is 11.5 Å². The SMILES string of the molecule is COc1ccc2[nH]cc(CC(=O)C(=O)Oc3ccc(C(=O)OCC(=O)N4CCN(C(C)C)CC4)cc3)c2c1. The van der Waals surface area contributed by atoms with Crippen LogP contribution in [0.2, 0.25) is 0 Å². The fraction of sp³-hybridized carbons (Fsp3) is 0.357. The number of H-pyrrole nitrogens is 1. The van der Waals surface area contributed by atoms with E-state index < -0.39 is 17.7 Å². The summed E-state index contributed by atoms with van der Waals surface area (Å²) >= 11 is 0. The fourth-order valence-electron chi connectivity index (χ4n) is 4.29. The Labute approximate surface area is 220 Å². The summed E-state index contributed by atoms with van der Waals surface area (Å²) in [4.78, 5) is 56.7. The standard InChI is InChI=1S/C28H31N3O7/c1-18(2)30-10-12-31(13-11-30)26(33)17-37-27(34)19-4-6-21(7-5-19)38-28(35)25(32)14-20-16-29-24-9-8-22(36-3)15-23(20)24/h4-9,15-16,18,29H,10-14,17H2,1-3H3. The number of methoxy groups -OCH3 is 1. The van der Waals surface area contributed by atoms with Gasteiger partial charge >= 0.3 is 11.9 Å². The van der Waals surface area contributed by atoms with E-state index in [2.05, 4.69) is 23.7 Å². The molecule has 0 saturated carbocycles. The quantitative estimate of drug-likeness (QED) is 0.259. The van der Waals surface area contributed by atoms with Crippen LogP contribution in [-0.4, -0.2) is 84.4 Å². The van der Waals surface area contributed by atoms with Gasteiger partial charge in [-0.1, -0.05) is 0 Å². The molecule has 10 heteroatoms. The number of fused-ring (bicyclic) bond motifs is 1. The third kappa shape index (κ3) is 6.38. The first-order valence-corrected chi connectivity index (χ1v) is 12.4. The average Bonchev–Trinajstić information content (AvgIpc) is 3.33. The molecule has 200 valence electrons. The van der Waals surface area contributed by atoms with E-state index in [-0.39, 0.29) is 30.2 Å². The van der Waals surface area contributed by atoms with E-state index in [0.29, 0.717) is 30.4 Å². The maximum absolute atomic E-state index is 12.5. The van der Waals surface area contributed by atoms with Crippen molar-refractivity contribution < 1.29 is 33.4 Å². The normalized spacial score (nSPS) is 13.9. The van der Waals surface area contributed by atoms with Crippen LogP contribution in [0.4, 0.5) is 0 Å². The molecule has 3 aromatic rings. The van der Waals surface area contributed by atoms with Gasteiger partial charge in [-0.05, 0) is 61.9 Å². The minimum absolute atomic E-state index is 0.111. The van der Waals surface area contributed by atoms with Crippen molar-refractivity contribution in [1.82, 2.24) is 14.8 Å². The number of ether oxygens (including phenoxy) is 3. The Morgan fingerprint density at radius 2 is 1.63 bits per heavy atom. The molecule has 0 aliphatic carbocycles. The second-order valence-electron chi connectivity index (χ2n) is 9.33. The zero-order valence-corrected chi connectivity index (χ0v) is 21.7. The van der Waals surface area contributed by atoms with E-state index in [4.69, 9.17) is 14.2 Å². The van der Waals surface area contributed by atoms with Gasteiger partial charge in [0.25, 0.3) is 5.91 Å². The van der Waals surface area contributed by atoms with Crippen LogP contribution in [-0.2, 0) is 25.5 Å². The Kier molecular flexibility index (Phi) is 8.42. The first kappa shape index (κ1) is 26.9. The molecule has 1 aliphatic heterocycles. The molecule has 1 saturated heterocycles. The maximum Gasteiger partial charge on any atom is 0.380 e. The summed E-state index contributed by atoms with van der Waals surface area (Å²) in [5, 5.41) is 0.782. The predicted octanol–water partition coefficient (Wildman–Crippen LogP) is 2.60. The lowest BCUT2D eigenvalue weighted by molar-refractivity contribution is -0.146. The Balaban J connectivity index is 1.26. The summed E-state index contributed by atoms with van der Waals surface area (Å²) in [6, 6.07) is 11.5. The monoisotopic (exact) mass is 521 g/mol. The van der Waals surface area contributed by atoms with Crippen molar-refractivity contribution in [2.24, 2.45) is 0 Å². The van der Waals surface area contributed by atoms with Gasteiger partial charge in [0.2, 0.25) is 5.78 Å². The van der Waals surface area contributed by atoms with Gasteiger partial charge in [0.15, 0.2) is 6.61 Å². The summed E-state index contributed by atoms with van der Waals surface area (Å²) in [6.07, 6.45) is 1.53. The molecule has 0 unspecified atom stereocenters. The molecule has 1 aromatic heterocycles. The Hall–Kier alpha value is -4.18. The number of esters is 2. The van der Waals surface area contributed by atoms with Gasteiger partial charge in [-0.25, -0.2) is 9.59 Å². The van der Waals surface area contributed by atoms with Crippen LogP contribution in [0, 0.1) is 0 Å². The van der Waals surface area contributed by atoms with Crippen molar-refractivity contribution in [3.05, 3.63) is 59.8 Å². The number of nitrogens with zero attached hydrogens (tertiary/aromatic N) is 2. The smallest absolute Gasteiger partial charge is 0.380 e. The van der Waals surface area contributed by atoms with Gasteiger partial charge in [-0.2, -0.15) is 0 Å². The number of carbonyl (C=O) groups excluding carboxylic acids is 4. The highest BCUT2D eigenvalue weighted by Crippen LogP contribution is 2.24. The molecule has 0 bridgehead atoms. The molecule has 1 amide bonds. The molecule has 10 nitrogen and oxygen atoms in total. The number of ketones is 1. The lowest BCUT2D eigenvalue weighted by Crippen LogP contribution is -2.51. The van der Waals surface area contributed by atoms with Gasteiger partial charge in [-0.3, -0.25) is 14.5 Å². The first-order chi connectivity index (χ1) is 18.2. The highest BCUT2D eigenvalue weighted by Gasteiger charge is 2.24. The predicted molar refractivity (Wildman–Crippen MR) is 139 cm³/mol. The first-order valence-electron chi connectivity index (χ1n) is 12.4. The molecular formula is C28H31N3O7. The molecule has 1 fully saturated rings. The van der Waals surface area contributed by atoms with E-state index in [1.807, 2.05) is 6.07 Å². The number of Topliss-reactive ketones (excluding diaryl/α,β-unsaturated/α-hetero) is 1. The lowest BCUT2D eigenvalue weighted by atomic mass is 10.1. The number of nitrogens with one attached hydrogen (secondary N) is 1. The van der Waals surface area contributed by atoms with E-state index in [0.717, 1.165) is 24.0 Å². The van der Waals surface area contributed by atoms with E-state index in [1.54, 1.807) is 30.3 Å². The van der Waals surface area contributed by atoms with Gasteiger partial charge < -0.3 is 24.1 Å². The zero-order valence-electron chi connectivity index (χ0n) is 21.7. The summed E-state index contributed by atoms with van der Waals surface area (Å²) in [5.41, 5.74) is 1.66. The minimum atomic E-state index is -1.01. The van der Waals surface area contributed by atoms with Crippen LogP contribution < -0.4 is 9.47 Å². The number of benzene rings is 2. The van der Waals surface area contributed by atoms with Crippen LogP contribution >= 0.6 is 0 Å². The average molecular weight is 522 g/mol. The molecule has 0 atom stereocenters. The van der Waals surface area contributed by atoms with Crippen LogP contribution in [0.3, 0.4) is 0 Å². The zero-order chi connectivity index (χ0) is 27.2. The summed E-state index contributed by atoms with van der Waals surface area (Å²) < 4.78 is 15.6. The van der Waals surface area contributed by atoms with Crippen molar-refractivity contribution in [1.29, 1.82) is 0 Å². The van der Waals surface area contributed by atoms with E-state index in [9.17, 15) is 19.2 Å². The summed E-state index contributed by atoms with van der Waals surface area (Å²) in [7, 11) is 1.55. The molecule has 2 heterocycles. The second-order valence-corrected chi connectivity index (χ2v) is 9.33. The van der Waals surface area contributed by atoms with Crippen molar-refractivity contribution in [3.8, 4) is 11.5 Å². The molecule has 38 heavy (non-hydrogen) atoms. The number of hydrogen-bond acceptors (Lipinski definition) is 8. The second kappa shape index (κ2) is 11.9. The number of hydrogen-bond donors (Lipinski definition) is 1. The number of aromatic amines is 1. The third-order valence-electron chi connectivity index (χ3n) is 6.58. The number of piperazine rings is 1. The number of rotatable bonds is 9. The Morgan fingerprint density at radius 3 is 2.29 bits per heavy atom. The highest BCUT2D eigenvalue weighted by molar-refractivity contribution is 6.35. The van der Waals surface area contributed by atoms with Gasteiger partial charge in [0, 0.05) is 55.7 Å². The minimum Gasteiger partial charge on any atom is -0.497 e. The van der Waals surface area contributed by atoms with Crippen molar-refractivity contribution in [2.75, 3.05) is 39.9 Å².